The van der Waals surface area contributed by atoms with Crippen molar-refractivity contribution >= 4 is 0 Å². The fourth-order valence-corrected chi connectivity index (χ4v) is 1.35. The van der Waals surface area contributed by atoms with Crippen LogP contribution in [0, 0.1) is 5.41 Å². The lowest BCUT2D eigenvalue weighted by molar-refractivity contribution is 0.104. The van der Waals surface area contributed by atoms with Crippen molar-refractivity contribution < 1.29 is 9.47 Å². The highest BCUT2D eigenvalue weighted by Gasteiger charge is 2.27. The van der Waals surface area contributed by atoms with Crippen LogP contribution in [0.5, 0.6) is 0 Å². The third-order valence-electron chi connectivity index (χ3n) is 2.44. The van der Waals surface area contributed by atoms with Crippen LogP contribution in [-0.2, 0) is 9.47 Å². The molecule has 2 nitrogen and oxygen atoms in total. The molecule has 0 aromatic heterocycles. The Morgan fingerprint density at radius 1 is 1.50 bits per heavy atom. The van der Waals surface area contributed by atoms with E-state index in [0.29, 0.717) is 6.61 Å². The van der Waals surface area contributed by atoms with E-state index in [2.05, 4.69) is 20.1 Å². The third kappa shape index (κ3) is 3.97. The molecule has 0 N–H and O–H groups in total. The molecule has 1 unspecified atom stereocenters. The summed E-state index contributed by atoms with van der Waals surface area (Å²) in [6.07, 6.45) is 3.68. The maximum absolute atomic E-state index is 5.46. The molecular weight excluding hydrogens is 176 g/mol. The van der Waals surface area contributed by atoms with Crippen molar-refractivity contribution in [2.24, 2.45) is 5.41 Å². The molecule has 0 aliphatic heterocycles. The first-order valence-corrected chi connectivity index (χ1v) is 5.02. The zero-order valence-corrected chi connectivity index (χ0v) is 9.64. The maximum Gasteiger partial charge on any atom is 0.0950 e. The van der Waals surface area contributed by atoms with E-state index in [1.807, 2.05) is 13.0 Å². The van der Waals surface area contributed by atoms with Crippen LogP contribution in [0.3, 0.4) is 0 Å². The number of ether oxygens (including phenoxy) is 2. The fourth-order valence-electron chi connectivity index (χ4n) is 1.35. The molecule has 14 heavy (non-hydrogen) atoms. The molecule has 2 heteroatoms. The summed E-state index contributed by atoms with van der Waals surface area (Å²) in [6, 6.07) is 0. The van der Waals surface area contributed by atoms with Crippen LogP contribution in [0.15, 0.2) is 25.0 Å². The van der Waals surface area contributed by atoms with Crippen LogP contribution in [-0.4, -0.2) is 20.3 Å². The molecule has 0 aromatic rings. The first kappa shape index (κ1) is 13.2. The van der Waals surface area contributed by atoms with Crippen molar-refractivity contribution in [3.63, 3.8) is 0 Å². The van der Waals surface area contributed by atoms with Gasteiger partial charge >= 0.3 is 0 Å². The van der Waals surface area contributed by atoms with Crippen LogP contribution in [0.2, 0.25) is 0 Å². The van der Waals surface area contributed by atoms with Crippen LogP contribution >= 0.6 is 0 Å². The van der Waals surface area contributed by atoms with E-state index in [4.69, 9.17) is 9.47 Å². The van der Waals surface area contributed by atoms with E-state index in [1.165, 1.54) is 0 Å². The van der Waals surface area contributed by atoms with Gasteiger partial charge in [-0.15, -0.1) is 6.58 Å². The molecule has 0 aliphatic carbocycles. The molecule has 1 atom stereocenters. The highest BCUT2D eigenvalue weighted by atomic mass is 16.5. The number of hydrogen-bond donors (Lipinski definition) is 0. The summed E-state index contributed by atoms with van der Waals surface area (Å²) in [7, 11) is 1.71. The SMILES string of the molecule is C=CCC(C)(CCOC)C(=C)OCC. The minimum atomic E-state index is -0.0478. The second-order valence-electron chi connectivity index (χ2n) is 3.65. The van der Waals surface area contributed by atoms with Crippen LogP contribution in [0.4, 0.5) is 0 Å². The summed E-state index contributed by atoms with van der Waals surface area (Å²) in [4.78, 5) is 0. The molecule has 0 spiro atoms. The molecule has 0 bridgehead atoms. The molecule has 0 aromatic carbocycles. The summed E-state index contributed by atoms with van der Waals surface area (Å²) in [5.41, 5.74) is -0.0478. The first-order chi connectivity index (χ1) is 6.60. The van der Waals surface area contributed by atoms with Crippen molar-refractivity contribution in [1.82, 2.24) is 0 Å². The second-order valence-corrected chi connectivity index (χ2v) is 3.65. The lowest BCUT2D eigenvalue weighted by Gasteiger charge is -2.30. The lowest BCUT2D eigenvalue weighted by Crippen LogP contribution is -2.22. The zero-order chi connectivity index (χ0) is 11.0. The van der Waals surface area contributed by atoms with Gasteiger partial charge in [0.1, 0.15) is 0 Å². The number of allylic oxidation sites excluding steroid dienone is 2. The van der Waals surface area contributed by atoms with Gasteiger partial charge in [0.25, 0.3) is 0 Å². The minimum Gasteiger partial charge on any atom is -0.498 e. The number of rotatable bonds is 8. The van der Waals surface area contributed by atoms with Crippen LogP contribution in [0.1, 0.15) is 26.7 Å². The summed E-state index contributed by atoms with van der Waals surface area (Å²) in [6.45, 7) is 13.2. The van der Waals surface area contributed by atoms with E-state index in [0.717, 1.165) is 25.2 Å². The second kappa shape index (κ2) is 6.66. The number of methoxy groups -OCH3 is 1. The van der Waals surface area contributed by atoms with Crippen molar-refractivity contribution in [3.8, 4) is 0 Å². The molecule has 0 saturated heterocycles. The van der Waals surface area contributed by atoms with Crippen molar-refractivity contribution in [3.05, 3.63) is 25.0 Å². The monoisotopic (exact) mass is 198 g/mol. The fraction of sp³-hybridized carbons (Fsp3) is 0.667. The van der Waals surface area contributed by atoms with Gasteiger partial charge in [-0.1, -0.05) is 19.6 Å². The molecule has 0 saturated carbocycles. The predicted octanol–water partition coefficient (Wildman–Crippen LogP) is 3.16. The molecule has 0 amide bonds. The summed E-state index contributed by atoms with van der Waals surface area (Å²) in [5, 5.41) is 0. The lowest BCUT2D eigenvalue weighted by atomic mass is 9.82. The average Bonchev–Trinajstić information content (AvgIpc) is 2.15. The molecule has 0 aliphatic rings. The molecule has 82 valence electrons. The Morgan fingerprint density at radius 3 is 2.57 bits per heavy atom. The topological polar surface area (TPSA) is 18.5 Å². The van der Waals surface area contributed by atoms with Crippen molar-refractivity contribution in [1.29, 1.82) is 0 Å². The summed E-state index contributed by atoms with van der Waals surface area (Å²) >= 11 is 0. The Bertz CT molecular complexity index is 187. The standard InChI is InChI=1S/C12H22O2/c1-6-8-12(4,9-10-13-5)11(3)14-7-2/h6H,1,3,7-10H2,2,4-5H3. The Balaban J connectivity index is 4.35. The van der Waals surface area contributed by atoms with E-state index >= 15 is 0 Å². The zero-order valence-electron chi connectivity index (χ0n) is 9.64. The molecule has 0 radical (unpaired) electrons. The van der Waals surface area contributed by atoms with E-state index in [-0.39, 0.29) is 5.41 Å². The van der Waals surface area contributed by atoms with Gasteiger partial charge in [-0.3, -0.25) is 0 Å². The Morgan fingerprint density at radius 2 is 2.14 bits per heavy atom. The maximum atomic E-state index is 5.46. The van der Waals surface area contributed by atoms with Gasteiger partial charge in [0.15, 0.2) is 0 Å². The van der Waals surface area contributed by atoms with Gasteiger partial charge < -0.3 is 9.47 Å². The van der Waals surface area contributed by atoms with E-state index < -0.39 is 0 Å². The van der Waals surface area contributed by atoms with Gasteiger partial charge in [0.2, 0.25) is 0 Å². The quantitative estimate of drug-likeness (QED) is 0.440. The van der Waals surface area contributed by atoms with Gasteiger partial charge in [-0.25, -0.2) is 0 Å². The van der Waals surface area contributed by atoms with Gasteiger partial charge in [-0.2, -0.15) is 0 Å². The average molecular weight is 198 g/mol. The largest absolute Gasteiger partial charge is 0.498 e. The molecular formula is C12H22O2. The first-order valence-electron chi connectivity index (χ1n) is 5.02. The van der Waals surface area contributed by atoms with Gasteiger partial charge in [0, 0.05) is 19.1 Å². The number of hydrogen-bond acceptors (Lipinski definition) is 2. The highest BCUT2D eigenvalue weighted by molar-refractivity contribution is 5.04. The minimum absolute atomic E-state index is 0.0478. The normalized spacial score (nSPS) is 14.5. The van der Waals surface area contributed by atoms with Crippen LogP contribution in [0.25, 0.3) is 0 Å². The van der Waals surface area contributed by atoms with Crippen molar-refractivity contribution in [2.45, 2.75) is 26.7 Å². The van der Waals surface area contributed by atoms with E-state index in [9.17, 15) is 0 Å². The van der Waals surface area contributed by atoms with Crippen LogP contribution < -0.4 is 0 Å². The molecule has 0 heterocycles. The van der Waals surface area contributed by atoms with Crippen molar-refractivity contribution in [2.75, 3.05) is 20.3 Å². The Kier molecular flexibility index (Phi) is 6.30. The predicted molar refractivity (Wildman–Crippen MR) is 60.2 cm³/mol. The summed E-state index contributed by atoms with van der Waals surface area (Å²) in [5.74, 6) is 0.831. The van der Waals surface area contributed by atoms with E-state index in [1.54, 1.807) is 7.11 Å². The molecule has 0 rings (SSSR count). The Labute approximate surface area is 87.6 Å². The van der Waals surface area contributed by atoms with Gasteiger partial charge in [0.05, 0.1) is 12.4 Å². The summed E-state index contributed by atoms with van der Waals surface area (Å²) < 4.78 is 10.5. The smallest absolute Gasteiger partial charge is 0.0950 e. The Hall–Kier alpha value is -0.760. The van der Waals surface area contributed by atoms with Gasteiger partial charge in [-0.05, 0) is 19.8 Å². The third-order valence-corrected chi connectivity index (χ3v) is 2.44. The highest BCUT2D eigenvalue weighted by Crippen LogP contribution is 2.34. The molecule has 0 fully saturated rings.